The lowest BCUT2D eigenvalue weighted by molar-refractivity contribution is -0.247. The van der Waals surface area contributed by atoms with Crippen LogP contribution >= 0.6 is 0 Å². The summed E-state index contributed by atoms with van der Waals surface area (Å²) in [7, 11) is -13.7. The second-order valence-corrected chi connectivity index (χ2v) is 20.2. The zero-order valence-electron chi connectivity index (χ0n) is 30.5. The van der Waals surface area contributed by atoms with E-state index in [-0.39, 0.29) is 88.4 Å². The van der Waals surface area contributed by atoms with Crippen molar-refractivity contribution in [2.75, 3.05) is 19.7 Å². The first kappa shape index (κ1) is 43.0. The van der Waals surface area contributed by atoms with Crippen molar-refractivity contribution >= 4 is 43.5 Å². The van der Waals surface area contributed by atoms with E-state index in [0.29, 0.717) is 44.9 Å². The van der Waals surface area contributed by atoms with Crippen LogP contribution in [0.5, 0.6) is 0 Å². The van der Waals surface area contributed by atoms with Crippen LogP contribution < -0.4 is 0 Å². The minimum Gasteiger partial charge on any atom is -0.465 e. The summed E-state index contributed by atoms with van der Waals surface area (Å²) in [6, 6.07) is 0. The summed E-state index contributed by atoms with van der Waals surface area (Å²) in [5.74, 6) is -7.61. The molecule has 0 bridgehead atoms. The van der Waals surface area contributed by atoms with Crippen LogP contribution in [0.2, 0.25) is 0 Å². The molecular weight excluding hydrogens is 773 g/mol. The summed E-state index contributed by atoms with van der Waals surface area (Å²) in [4.78, 5) is 52.3. The maximum atomic E-state index is 14.3. The highest BCUT2D eigenvalue weighted by Gasteiger charge is 2.82. The molecule has 0 aromatic carbocycles. The maximum absolute atomic E-state index is 14.3. The number of alkyl halides is 6. The van der Waals surface area contributed by atoms with Gasteiger partial charge >= 0.3 is 32.5 Å². The van der Waals surface area contributed by atoms with Gasteiger partial charge in [-0.25, -0.2) is 8.42 Å². The van der Waals surface area contributed by atoms with Crippen molar-refractivity contribution in [1.82, 2.24) is 4.31 Å². The lowest BCUT2D eigenvalue weighted by Gasteiger charge is -2.58. The Kier molecular flexibility index (Phi) is 11.7. The molecular formula is C35H49F6NO10S2. The zero-order chi connectivity index (χ0) is 40.4. The third-order valence-electron chi connectivity index (χ3n) is 14.0. The average Bonchev–Trinajstić information content (AvgIpc) is 3.44. The second kappa shape index (κ2) is 14.7. The van der Waals surface area contributed by atoms with E-state index in [1.54, 1.807) is 0 Å². The minimum absolute atomic E-state index is 0.00118. The van der Waals surface area contributed by atoms with E-state index in [2.05, 4.69) is 13.8 Å². The Balaban J connectivity index is 1.06. The van der Waals surface area contributed by atoms with Gasteiger partial charge in [-0.2, -0.15) is 39.1 Å². The van der Waals surface area contributed by atoms with Crippen LogP contribution in [0.1, 0.15) is 104 Å². The van der Waals surface area contributed by atoms with Crippen molar-refractivity contribution in [3.63, 3.8) is 0 Å². The normalized spacial score (nSPS) is 33.9. The molecule has 1 heterocycles. The van der Waals surface area contributed by atoms with E-state index in [1.807, 2.05) is 6.92 Å². The molecule has 308 valence electrons. The summed E-state index contributed by atoms with van der Waals surface area (Å²) in [5.41, 5.74) is -0.823. The first-order chi connectivity index (χ1) is 24.7. The van der Waals surface area contributed by atoms with Gasteiger partial charge in [-0.3, -0.25) is 23.7 Å². The highest BCUT2D eigenvalue weighted by molar-refractivity contribution is 7.90. The highest BCUT2D eigenvalue weighted by Crippen LogP contribution is 2.66. The summed E-state index contributed by atoms with van der Waals surface area (Å²) < 4.78 is 143. The molecule has 4 saturated carbocycles. The van der Waals surface area contributed by atoms with E-state index in [9.17, 15) is 62.4 Å². The van der Waals surface area contributed by atoms with Crippen molar-refractivity contribution in [3.05, 3.63) is 0 Å². The van der Waals surface area contributed by atoms with Crippen LogP contribution in [-0.2, 0) is 44.1 Å². The van der Waals surface area contributed by atoms with Gasteiger partial charge in [0.15, 0.2) is 0 Å². The first-order valence-electron chi connectivity index (χ1n) is 18.6. The van der Waals surface area contributed by atoms with Crippen LogP contribution in [0.4, 0.5) is 26.3 Å². The summed E-state index contributed by atoms with van der Waals surface area (Å²) in [5, 5.41) is -13.4. The molecule has 5 fully saturated rings. The minimum atomic E-state index is -7.12. The fourth-order valence-corrected chi connectivity index (χ4v) is 12.6. The number of hydrogen-bond donors (Lipinski definition) is 1. The number of ether oxygens (including phenoxy) is 1. The van der Waals surface area contributed by atoms with Gasteiger partial charge in [-0.15, -0.1) is 0 Å². The van der Waals surface area contributed by atoms with E-state index in [0.717, 1.165) is 19.3 Å². The Labute approximate surface area is 311 Å². The third-order valence-corrected chi connectivity index (χ3v) is 16.8. The number of nitrogens with zero attached hydrogens (tertiary/aromatic N) is 1. The van der Waals surface area contributed by atoms with Crippen LogP contribution in [0, 0.1) is 52.3 Å². The Morgan fingerprint density at radius 1 is 0.907 bits per heavy atom. The molecule has 0 radical (unpaired) electrons. The van der Waals surface area contributed by atoms with Crippen molar-refractivity contribution < 1.29 is 71.6 Å². The Hall–Kier alpha value is -2.12. The Morgan fingerprint density at radius 2 is 1.54 bits per heavy atom. The fourth-order valence-electron chi connectivity index (χ4n) is 10.6. The van der Waals surface area contributed by atoms with Crippen LogP contribution in [-0.4, -0.2) is 85.1 Å². The number of carbonyl (C=O) groups excluding carboxylic acids is 4. The lowest BCUT2D eigenvalue weighted by atomic mass is 9.44. The van der Waals surface area contributed by atoms with Crippen molar-refractivity contribution in [2.24, 2.45) is 52.3 Å². The molecule has 0 aromatic rings. The third kappa shape index (κ3) is 6.96. The molecule has 5 aliphatic rings. The molecule has 0 aromatic heterocycles. The molecule has 19 heteroatoms. The second-order valence-electron chi connectivity index (χ2n) is 16.8. The molecule has 8 atom stereocenters. The summed E-state index contributed by atoms with van der Waals surface area (Å²) in [6.45, 7) is 4.39. The molecule has 11 nitrogen and oxygen atoms in total. The van der Waals surface area contributed by atoms with E-state index in [4.69, 9.17) is 9.29 Å². The average molecular weight is 822 g/mol. The maximum Gasteiger partial charge on any atom is 0.439 e. The van der Waals surface area contributed by atoms with E-state index in [1.165, 1.54) is 0 Å². The quantitative estimate of drug-likeness (QED) is 0.0998. The molecule has 0 amide bonds. The Morgan fingerprint density at radius 3 is 2.15 bits per heavy atom. The van der Waals surface area contributed by atoms with Gasteiger partial charge in [-0.05, 0) is 79.4 Å². The molecule has 54 heavy (non-hydrogen) atoms. The number of fused-ring (bicyclic) bond motifs is 5. The van der Waals surface area contributed by atoms with Gasteiger partial charge in [0.2, 0.25) is 0 Å². The molecule has 4 aliphatic carbocycles. The molecule has 0 spiro atoms. The van der Waals surface area contributed by atoms with Crippen LogP contribution in [0.25, 0.3) is 0 Å². The predicted octanol–water partition coefficient (Wildman–Crippen LogP) is 6.06. The van der Waals surface area contributed by atoms with Gasteiger partial charge in [0.05, 0.1) is 6.61 Å². The molecule has 1 aliphatic heterocycles. The number of piperidine rings is 1. The van der Waals surface area contributed by atoms with Gasteiger partial charge in [0.25, 0.3) is 10.0 Å². The van der Waals surface area contributed by atoms with Crippen molar-refractivity contribution in [2.45, 2.75) is 121 Å². The topological polar surface area (TPSA) is 169 Å². The number of esters is 1. The molecule has 1 unspecified atom stereocenters. The molecule has 1 N–H and O–H groups in total. The number of hydrogen-bond acceptors (Lipinski definition) is 9. The van der Waals surface area contributed by atoms with Gasteiger partial charge in [0.1, 0.15) is 17.3 Å². The summed E-state index contributed by atoms with van der Waals surface area (Å²) >= 11 is 0. The largest absolute Gasteiger partial charge is 0.465 e. The van der Waals surface area contributed by atoms with Crippen molar-refractivity contribution in [3.8, 4) is 0 Å². The SMILES string of the molecule is C[C@@H](CCCCC(=O)OCC1CCN(S(=O)(=O)C(F)(F)C(F)(F)C(F)(F)S(=O)(=O)O)CC1)[C@@H]1CCC2[C@H]3C(=O)C[C@H]4CC(=O)CC[C@@]4(C)[C@@H]3CC(=O)[C@]21C. The van der Waals surface area contributed by atoms with Gasteiger partial charge in [-0.1, -0.05) is 33.6 Å². The van der Waals surface area contributed by atoms with Crippen molar-refractivity contribution in [1.29, 1.82) is 0 Å². The zero-order valence-corrected chi connectivity index (χ0v) is 32.1. The van der Waals surface area contributed by atoms with Crippen LogP contribution in [0.3, 0.4) is 0 Å². The van der Waals surface area contributed by atoms with Gasteiger partial charge in [0, 0.05) is 56.5 Å². The van der Waals surface area contributed by atoms with Gasteiger partial charge < -0.3 is 4.74 Å². The number of rotatable bonds is 13. The fraction of sp³-hybridized carbons (Fsp3) is 0.886. The standard InChI is InChI=1S/C35H49F6NO10S2/c1-20(24-8-9-25-30-26(18-28(45)32(24,25)3)31(2)13-10-23(43)16-22(31)17-27(30)44)6-4-5-7-29(46)52-19-21-11-14-42(15-12-21)53(47,48)34(38,39)33(36,37)35(40,41)54(49,50)51/h20-22,24-26,30H,4-19H2,1-3H3,(H,49,50,51)/t20-,22+,24-,25?,26+,30+,31+,32-/m0/s1. The number of carbonyl (C=O) groups is 4. The van der Waals surface area contributed by atoms with Crippen LogP contribution in [0.15, 0.2) is 0 Å². The van der Waals surface area contributed by atoms with E-state index < -0.39 is 67.0 Å². The Bertz CT molecular complexity index is 1730. The summed E-state index contributed by atoms with van der Waals surface area (Å²) in [6.07, 6.45) is 5.34. The molecule has 5 rings (SSSR count). The molecule has 1 saturated heterocycles. The number of halogens is 6. The number of sulfonamides is 1. The number of unbranched alkanes of at least 4 members (excludes halogenated alkanes) is 1. The van der Waals surface area contributed by atoms with E-state index >= 15 is 0 Å². The number of ketones is 3. The smallest absolute Gasteiger partial charge is 0.439 e. The first-order valence-corrected chi connectivity index (χ1v) is 21.5. The number of Topliss-reactive ketones (excluding diaryl/α,β-unsaturated/α-hetero) is 3. The highest BCUT2D eigenvalue weighted by atomic mass is 32.2. The monoisotopic (exact) mass is 821 g/mol. The predicted molar refractivity (Wildman–Crippen MR) is 179 cm³/mol. The lowest BCUT2D eigenvalue weighted by Crippen LogP contribution is -2.63.